The average molecular weight is 309 g/mol. The zero-order chi connectivity index (χ0) is 15.3. The van der Waals surface area contributed by atoms with Crippen molar-refractivity contribution in [3.63, 3.8) is 0 Å². The molecule has 0 aliphatic heterocycles. The van der Waals surface area contributed by atoms with Crippen molar-refractivity contribution in [3.8, 4) is 5.75 Å². The first-order valence-corrected chi connectivity index (χ1v) is 8.17. The molecule has 6 heteroatoms. The zero-order valence-electron chi connectivity index (χ0n) is 11.5. The molecule has 2 aromatic rings. The van der Waals surface area contributed by atoms with E-state index >= 15 is 0 Å². The van der Waals surface area contributed by atoms with Crippen LogP contribution in [-0.2, 0) is 23.2 Å². The lowest BCUT2D eigenvalue weighted by Gasteiger charge is -2.07. The molecule has 0 fully saturated rings. The first-order chi connectivity index (χ1) is 9.92. The summed E-state index contributed by atoms with van der Waals surface area (Å²) in [5.41, 5.74) is 1.99. The van der Waals surface area contributed by atoms with Gasteiger partial charge in [-0.25, -0.2) is 4.39 Å². The number of rotatable bonds is 6. The Morgan fingerprint density at radius 1 is 0.952 bits per heavy atom. The van der Waals surface area contributed by atoms with Gasteiger partial charge in [0.25, 0.3) is 0 Å². The molecule has 4 nitrogen and oxygen atoms in total. The van der Waals surface area contributed by atoms with Crippen molar-refractivity contribution in [3.05, 3.63) is 65.5 Å². The van der Waals surface area contributed by atoms with Crippen molar-refractivity contribution >= 4 is 10.1 Å². The monoisotopic (exact) mass is 309 g/mol. The molecule has 0 aliphatic carbocycles. The first-order valence-electron chi connectivity index (χ1n) is 6.36. The summed E-state index contributed by atoms with van der Waals surface area (Å²) in [5, 5.41) is 3.22. The highest BCUT2D eigenvalue weighted by Gasteiger charge is 2.03. The van der Waals surface area contributed by atoms with Gasteiger partial charge in [0.2, 0.25) is 0 Å². The SMILES string of the molecule is CS(=O)(=O)Oc1ccc(CNCc2ccc(F)cc2)cc1. The van der Waals surface area contributed by atoms with E-state index in [4.69, 9.17) is 4.18 Å². The number of nitrogens with one attached hydrogen (secondary N) is 1. The summed E-state index contributed by atoms with van der Waals surface area (Å²) in [7, 11) is -3.49. The molecule has 112 valence electrons. The van der Waals surface area contributed by atoms with Gasteiger partial charge in [-0.05, 0) is 35.4 Å². The Labute approximate surface area is 123 Å². The fourth-order valence-electron chi connectivity index (χ4n) is 1.79. The molecule has 0 aliphatic rings. The van der Waals surface area contributed by atoms with E-state index in [0.29, 0.717) is 18.8 Å². The van der Waals surface area contributed by atoms with Crippen LogP contribution in [0, 0.1) is 5.82 Å². The van der Waals surface area contributed by atoms with Crippen LogP contribution in [0.5, 0.6) is 5.75 Å². The van der Waals surface area contributed by atoms with E-state index in [0.717, 1.165) is 17.4 Å². The number of benzene rings is 2. The Balaban J connectivity index is 1.85. The summed E-state index contributed by atoms with van der Waals surface area (Å²) in [6.07, 6.45) is 1.01. The van der Waals surface area contributed by atoms with Gasteiger partial charge in [-0.1, -0.05) is 24.3 Å². The minimum Gasteiger partial charge on any atom is -0.383 e. The van der Waals surface area contributed by atoms with Gasteiger partial charge in [0.15, 0.2) is 0 Å². The number of hydrogen-bond acceptors (Lipinski definition) is 4. The van der Waals surface area contributed by atoms with Crippen LogP contribution in [-0.4, -0.2) is 14.7 Å². The standard InChI is InChI=1S/C15H16FNO3S/c1-21(18,19)20-15-8-4-13(5-9-15)11-17-10-12-2-6-14(16)7-3-12/h2-9,17H,10-11H2,1H3. The fourth-order valence-corrected chi connectivity index (χ4v) is 2.25. The van der Waals surface area contributed by atoms with Crippen LogP contribution >= 0.6 is 0 Å². The Hall–Kier alpha value is -1.92. The highest BCUT2D eigenvalue weighted by Crippen LogP contribution is 2.14. The molecule has 0 heterocycles. The zero-order valence-corrected chi connectivity index (χ0v) is 12.4. The molecule has 1 N–H and O–H groups in total. The van der Waals surface area contributed by atoms with Crippen LogP contribution in [0.1, 0.15) is 11.1 Å². The maximum absolute atomic E-state index is 12.8. The van der Waals surface area contributed by atoms with Gasteiger partial charge < -0.3 is 9.50 Å². The molecule has 0 radical (unpaired) electrons. The highest BCUT2D eigenvalue weighted by atomic mass is 32.2. The second kappa shape index (κ2) is 6.69. The topological polar surface area (TPSA) is 55.4 Å². The molecule has 0 atom stereocenters. The third-order valence-electron chi connectivity index (χ3n) is 2.74. The van der Waals surface area contributed by atoms with Gasteiger partial charge in [0.05, 0.1) is 6.26 Å². The summed E-state index contributed by atoms with van der Waals surface area (Å²) < 4.78 is 39.5. The van der Waals surface area contributed by atoms with Crippen LogP contribution in [0.4, 0.5) is 4.39 Å². The molecule has 0 saturated carbocycles. The summed E-state index contributed by atoms with van der Waals surface area (Å²) in [4.78, 5) is 0. The molecular weight excluding hydrogens is 293 g/mol. The van der Waals surface area contributed by atoms with Crippen molar-refractivity contribution < 1.29 is 17.0 Å². The Kier molecular flexibility index (Phi) is 4.93. The predicted molar refractivity (Wildman–Crippen MR) is 78.9 cm³/mol. The molecule has 0 saturated heterocycles. The third kappa shape index (κ3) is 5.53. The molecule has 2 aromatic carbocycles. The van der Waals surface area contributed by atoms with E-state index < -0.39 is 10.1 Å². The second-order valence-electron chi connectivity index (χ2n) is 4.66. The second-order valence-corrected chi connectivity index (χ2v) is 6.24. The largest absolute Gasteiger partial charge is 0.383 e. The fraction of sp³-hybridized carbons (Fsp3) is 0.200. The smallest absolute Gasteiger partial charge is 0.306 e. The number of hydrogen-bond donors (Lipinski definition) is 1. The van der Waals surface area contributed by atoms with E-state index in [1.807, 2.05) is 0 Å². The summed E-state index contributed by atoms with van der Waals surface area (Å²) >= 11 is 0. The molecule has 0 unspecified atom stereocenters. The van der Waals surface area contributed by atoms with E-state index in [-0.39, 0.29) is 5.82 Å². The van der Waals surface area contributed by atoms with Crippen LogP contribution in [0.15, 0.2) is 48.5 Å². The lowest BCUT2D eigenvalue weighted by atomic mass is 10.2. The first kappa shape index (κ1) is 15.5. The van der Waals surface area contributed by atoms with Gasteiger partial charge >= 0.3 is 10.1 Å². The van der Waals surface area contributed by atoms with Crippen molar-refractivity contribution in [2.45, 2.75) is 13.1 Å². The summed E-state index contributed by atoms with van der Waals surface area (Å²) in [6, 6.07) is 13.1. The van der Waals surface area contributed by atoms with E-state index in [1.165, 1.54) is 12.1 Å². The Morgan fingerprint density at radius 2 is 1.43 bits per heavy atom. The summed E-state index contributed by atoms with van der Waals surface area (Å²) in [5.74, 6) is 0.0417. The third-order valence-corrected chi connectivity index (χ3v) is 3.24. The molecule has 0 spiro atoms. The molecule has 2 rings (SSSR count). The van der Waals surface area contributed by atoms with Crippen LogP contribution in [0.2, 0.25) is 0 Å². The Bertz CT molecular complexity index is 682. The van der Waals surface area contributed by atoms with E-state index in [2.05, 4.69) is 5.32 Å². The lowest BCUT2D eigenvalue weighted by molar-refractivity contribution is 0.493. The van der Waals surface area contributed by atoms with Crippen molar-refractivity contribution in [2.75, 3.05) is 6.26 Å². The maximum Gasteiger partial charge on any atom is 0.306 e. The quantitative estimate of drug-likeness (QED) is 0.833. The maximum atomic E-state index is 12.8. The minimum absolute atomic E-state index is 0.250. The average Bonchev–Trinajstić information content (AvgIpc) is 2.41. The van der Waals surface area contributed by atoms with Crippen molar-refractivity contribution in [2.24, 2.45) is 0 Å². The van der Waals surface area contributed by atoms with Crippen molar-refractivity contribution in [1.29, 1.82) is 0 Å². The highest BCUT2D eigenvalue weighted by molar-refractivity contribution is 7.86. The minimum atomic E-state index is -3.49. The van der Waals surface area contributed by atoms with Crippen LogP contribution in [0.25, 0.3) is 0 Å². The van der Waals surface area contributed by atoms with Gasteiger partial charge in [-0.15, -0.1) is 0 Å². The lowest BCUT2D eigenvalue weighted by Crippen LogP contribution is -2.12. The molecule has 0 amide bonds. The van der Waals surface area contributed by atoms with Gasteiger partial charge in [-0.2, -0.15) is 8.42 Å². The normalized spacial score (nSPS) is 11.3. The Morgan fingerprint density at radius 3 is 1.90 bits per heavy atom. The predicted octanol–water partition coefficient (Wildman–Crippen LogP) is 2.45. The van der Waals surface area contributed by atoms with Gasteiger partial charge in [-0.3, -0.25) is 0 Å². The van der Waals surface area contributed by atoms with E-state index in [9.17, 15) is 12.8 Å². The number of halogens is 1. The molecule has 0 aromatic heterocycles. The van der Waals surface area contributed by atoms with Crippen LogP contribution < -0.4 is 9.50 Å². The molecule has 0 bridgehead atoms. The van der Waals surface area contributed by atoms with Crippen molar-refractivity contribution in [1.82, 2.24) is 5.32 Å². The molecular formula is C15H16FNO3S. The summed E-state index contributed by atoms with van der Waals surface area (Å²) in [6.45, 7) is 1.25. The van der Waals surface area contributed by atoms with Gasteiger partial charge in [0, 0.05) is 13.1 Å². The van der Waals surface area contributed by atoms with Crippen LogP contribution in [0.3, 0.4) is 0 Å². The van der Waals surface area contributed by atoms with Gasteiger partial charge in [0.1, 0.15) is 11.6 Å². The van der Waals surface area contributed by atoms with E-state index in [1.54, 1.807) is 36.4 Å². The molecule has 21 heavy (non-hydrogen) atoms.